The molecule has 98 valence electrons. The molecule has 0 radical (unpaired) electrons. The average Bonchev–Trinajstić information content (AvgIpc) is 2.36. The van der Waals surface area contributed by atoms with E-state index >= 15 is 0 Å². The lowest BCUT2D eigenvalue weighted by Crippen LogP contribution is -2.14. The van der Waals surface area contributed by atoms with Gasteiger partial charge in [-0.15, -0.1) is 0 Å². The summed E-state index contributed by atoms with van der Waals surface area (Å²) in [5, 5.41) is 3.50. The van der Waals surface area contributed by atoms with Crippen LogP contribution in [0.4, 0.5) is 11.4 Å². The Morgan fingerprint density at radius 3 is 2.74 bits per heavy atom. The van der Waals surface area contributed by atoms with Crippen LogP contribution in [0.2, 0.25) is 5.02 Å². The van der Waals surface area contributed by atoms with Crippen molar-refractivity contribution in [3.8, 4) is 0 Å². The van der Waals surface area contributed by atoms with Crippen LogP contribution in [0.5, 0.6) is 0 Å². The first-order chi connectivity index (χ1) is 8.99. The second kappa shape index (κ2) is 5.79. The molecule has 0 unspecified atom stereocenters. The molecule has 0 aliphatic carbocycles. The Morgan fingerprint density at radius 1 is 1.32 bits per heavy atom. The minimum absolute atomic E-state index is 0.176. The monoisotopic (exact) mass is 386 g/mol. The van der Waals surface area contributed by atoms with Crippen LogP contribution in [-0.4, -0.2) is 5.91 Å². The first-order valence-electron chi connectivity index (χ1n) is 5.60. The van der Waals surface area contributed by atoms with Gasteiger partial charge in [0.05, 0.1) is 5.69 Å². The third-order valence-electron chi connectivity index (χ3n) is 2.80. The molecule has 0 aromatic heterocycles. The quantitative estimate of drug-likeness (QED) is 0.603. The molecule has 19 heavy (non-hydrogen) atoms. The molecule has 0 saturated heterocycles. The van der Waals surface area contributed by atoms with E-state index in [1.54, 1.807) is 36.4 Å². The van der Waals surface area contributed by atoms with Crippen molar-refractivity contribution >= 4 is 51.5 Å². The van der Waals surface area contributed by atoms with Gasteiger partial charge in [0, 0.05) is 19.8 Å². The Morgan fingerprint density at radius 2 is 2.05 bits per heavy atom. The van der Waals surface area contributed by atoms with E-state index in [-0.39, 0.29) is 5.91 Å². The predicted molar refractivity (Wildman–Crippen MR) is 87.7 cm³/mol. The Balaban J connectivity index is 2.28. The summed E-state index contributed by atoms with van der Waals surface area (Å²) in [6.45, 7) is 1.83. The van der Waals surface area contributed by atoms with Crippen molar-refractivity contribution in [2.24, 2.45) is 0 Å². The van der Waals surface area contributed by atoms with Gasteiger partial charge in [0.15, 0.2) is 0 Å². The summed E-state index contributed by atoms with van der Waals surface area (Å²) in [6, 6.07) is 10.6. The standard InChI is InChI=1S/C14H12ClIN2O/c1-8-10(3-2-4-12(8)17)14(19)18-13-6-5-9(15)7-11(13)16/h2-7H,17H2,1H3,(H,18,19). The van der Waals surface area contributed by atoms with Gasteiger partial charge in [-0.05, 0) is 65.4 Å². The smallest absolute Gasteiger partial charge is 0.256 e. The molecule has 0 aliphatic heterocycles. The van der Waals surface area contributed by atoms with Gasteiger partial charge in [0.25, 0.3) is 5.91 Å². The van der Waals surface area contributed by atoms with Crippen LogP contribution in [0, 0.1) is 10.5 Å². The summed E-state index contributed by atoms with van der Waals surface area (Å²) < 4.78 is 0.889. The van der Waals surface area contributed by atoms with Crippen molar-refractivity contribution in [1.82, 2.24) is 0 Å². The van der Waals surface area contributed by atoms with Crippen LogP contribution < -0.4 is 11.1 Å². The summed E-state index contributed by atoms with van der Waals surface area (Å²) in [6.07, 6.45) is 0. The highest BCUT2D eigenvalue weighted by atomic mass is 127. The third kappa shape index (κ3) is 3.19. The van der Waals surface area contributed by atoms with Crippen molar-refractivity contribution in [2.45, 2.75) is 6.92 Å². The molecule has 0 aliphatic rings. The number of rotatable bonds is 2. The number of nitrogens with two attached hydrogens (primary N) is 1. The maximum atomic E-state index is 12.2. The molecule has 0 atom stereocenters. The molecule has 3 N–H and O–H groups in total. The van der Waals surface area contributed by atoms with Crippen molar-refractivity contribution in [2.75, 3.05) is 11.1 Å². The molecule has 5 heteroatoms. The van der Waals surface area contributed by atoms with Crippen LogP contribution in [0.1, 0.15) is 15.9 Å². The van der Waals surface area contributed by atoms with Crippen LogP contribution >= 0.6 is 34.2 Å². The lowest BCUT2D eigenvalue weighted by atomic mass is 10.1. The minimum Gasteiger partial charge on any atom is -0.398 e. The van der Waals surface area contributed by atoms with Crippen LogP contribution in [0.25, 0.3) is 0 Å². The van der Waals surface area contributed by atoms with Gasteiger partial charge in [-0.3, -0.25) is 4.79 Å². The van der Waals surface area contributed by atoms with E-state index in [1.807, 2.05) is 6.92 Å². The molecule has 0 spiro atoms. The molecule has 0 heterocycles. The highest BCUT2D eigenvalue weighted by Gasteiger charge is 2.12. The second-order valence-electron chi connectivity index (χ2n) is 4.10. The van der Waals surface area contributed by atoms with E-state index in [4.69, 9.17) is 17.3 Å². The van der Waals surface area contributed by atoms with Gasteiger partial charge >= 0.3 is 0 Å². The number of anilines is 2. The Bertz CT molecular complexity index is 643. The summed E-state index contributed by atoms with van der Waals surface area (Å²) in [4.78, 5) is 12.2. The molecule has 0 bridgehead atoms. The van der Waals surface area contributed by atoms with E-state index in [0.717, 1.165) is 14.8 Å². The van der Waals surface area contributed by atoms with E-state index in [2.05, 4.69) is 27.9 Å². The van der Waals surface area contributed by atoms with Gasteiger partial charge in [-0.2, -0.15) is 0 Å². The number of nitrogens with one attached hydrogen (secondary N) is 1. The number of benzene rings is 2. The average molecular weight is 387 g/mol. The minimum atomic E-state index is -0.176. The number of halogens is 2. The highest BCUT2D eigenvalue weighted by Crippen LogP contribution is 2.24. The fraction of sp³-hybridized carbons (Fsp3) is 0.0714. The number of hydrogen-bond donors (Lipinski definition) is 2. The molecular formula is C14H12ClIN2O. The molecule has 1 amide bonds. The lowest BCUT2D eigenvalue weighted by Gasteiger charge is -2.10. The molecule has 2 aromatic carbocycles. The normalized spacial score (nSPS) is 10.3. The van der Waals surface area contributed by atoms with Crippen LogP contribution in [-0.2, 0) is 0 Å². The van der Waals surface area contributed by atoms with Gasteiger partial charge in [0.1, 0.15) is 0 Å². The highest BCUT2D eigenvalue weighted by molar-refractivity contribution is 14.1. The van der Waals surface area contributed by atoms with Gasteiger partial charge in [0.2, 0.25) is 0 Å². The molecule has 3 nitrogen and oxygen atoms in total. The van der Waals surface area contributed by atoms with Crippen molar-refractivity contribution < 1.29 is 4.79 Å². The third-order valence-corrected chi connectivity index (χ3v) is 3.93. The molecular weight excluding hydrogens is 375 g/mol. The molecule has 0 saturated carbocycles. The Labute approximate surface area is 130 Å². The van der Waals surface area contributed by atoms with Gasteiger partial charge in [-0.1, -0.05) is 17.7 Å². The molecule has 2 aromatic rings. The first-order valence-corrected chi connectivity index (χ1v) is 7.06. The lowest BCUT2D eigenvalue weighted by molar-refractivity contribution is 0.102. The first kappa shape index (κ1) is 14.1. The number of carbonyl (C=O) groups excluding carboxylic acids is 1. The topological polar surface area (TPSA) is 55.1 Å². The van der Waals surface area contributed by atoms with E-state index in [1.165, 1.54) is 0 Å². The zero-order valence-electron chi connectivity index (χ0n) is 10.2. The van der Waals surface area contributed by atoms with E-state index < -0.39 is 0 Å². The van der Waals surface area contributed by atoms with E-state index in [0.29, 0.717) is 16.3 Å². The fourth-order valence-electron chi connectivity index (χ4n) is 1.68. The second-order valence-corrected chi connectivity index (χ2v) is 5.70. The van der Waals surface area contributed by atoms with Gasteiger partial charge < -0.3 is 11.1 Å². The SMILES string of the molecule is Cc1c(N)cccc1C(=O)Nc1ccc(Cl)cc1I. The number of nitrogen functional groups attached to an aromatic ring is 1. The zero-order valence-corrected chi connectivity index (χ0v) is 13.1. The summed E-state index contributed by atoms with van der Waals surface area (Å²) in [5.41, 5.74) is 8.50. The largest absolute Gasteiger partial charge is 0.398 e. The fourth-order valence-corrected chi connectivity index (χ4v) is 2.69. The molecule has 2 rings (SSSR count). The maximum Gasteiger partial charge on any atom is 0.256 e. The summed E-state index contributed by atoms with van der Waals surface area (Å²) in [5.74, 6) is -0.176. The van der Waals surface area contributed by atoms with Crippen molar-refractivity contribution in [3.63, 3.8) is 0 Å². The summed E-state index contributed by atoms with van der Waals surface area (Å²) in [7, 11) is 0. The number of carbonyl (C=O) groups is 1. The van der Waals surface area contributed by atoms with Crippen LogP contribution in [0.3, 0.4) is 0 Å². The van der Waals surface area contributed by atoms with Crippen molar-refractivity contribution in [1.29, 1.82) is 0 Å². The van der Waals surface area contributed by atoms with Gasteiger partial charge in [-0.25, -0.2) is 0 Å². The Kier molecular flexibility index (Phi) is 4.31. The number of hydrogen-bond acceptors (Lipinski definition) is 2. The summed E-state index contributed by atoms with van der Waals surface area (Å²) >= 11 is 8.01. The van der Waals surface area contributed by atoms with Crippen molar-refractivity contribution in [3.05, 3.63) is 56.1 Å². The van der Waals surface area contributed by atoms with E-state index in [9.17, 15) is 4.79 Å². The Hall–Kier alpha value is -1.27. The zero-order chi connectivity index (χ0) is 14.0. The number of amides is 1. The molecule has 0 fully saturated rings. The maximum absolute atomic E-state index is 12.2. The predicted octanol–water partition coefficient (Wildman–Crippen LogP) is 4.09. The van der Waals surface area contributed by atoms with Crippen LogP contribution in [0.15, 0.2) is 36.4 Å².